The molecule has 1 unspecified atom stereocenters. The molecule has 1 aliphatic carbocycles. The van der Waals surface area contributed by atoms with Gasteiger partial charge in [-0.1, -0.05) is 24.8 Å². The van der Waals surface area contributed by atoms with Crippen molar-refractivity contribution < 1.29 is 9.53 Å². The van der Waals surface area contributed by atoms with Gasteiger partial charge in [-0.2, -0.15) is 0 Å². The number of H-pyrrole nitrogens is 1. The van der Waals surface area contributed by atoms with Gasteiger partial charge >= 0.3 is 0 Å². The van der Waals surface area contributed by atoms with E-state index in [1.165, 1.54) is 16.6 Å². The fourth-order valence-corrected chi connectivity index (χ4v) is 5.74. The molecule has 1 aromatic carbocycles. The molecule has 0 saturated carbocycles. The van der Waals surface area contributed by atoms with E-state index < -0.39 is 0 Å². The van der Waals surface area contributed by atoms with Crippen LogP contribution in [0.15, 0.2) is 28.2 Å². The summed E-state index contributed by atoms with van der Waals surface area (Å²) < 4.78 is 5.30. The van der Waals surface area contributed by atoms with Gasteiger partial charge in [-0.25, -0.2) is 4.98 Å². The largest absolute Gasteiger partial charge is 0.495 e. The Hall–Kier alpha value is -2.32. The summed E-state index contributed by atoms with van der Waals surface area (Å²) in [6.45, 7) is 4.20. The molecule has 8 heteroatoms. The highest BCUT2D eigenvalue weighted by molar-refractivity contribution is 7.99. The first kappa shape index (κ1) is 20.0. The number of carbonyl (C=O) groups excluding carboxylic acids is 1. The molecule has 29 heavy (non-hydrogen) atoms. The van der Waals surface area contributed by atoms with Crippen LogP contribution < -0.4 is 15.6 Å². The number of benzene rings is 1. The van der Waals surface area contributed by atoms with Crippen LogP contribution in [0.25, 0.3) is 10.2 Å². The first-order valence-electron chi connectivity index (χ1n) is 9.56. The molecular formula is C21H23N3O3S2. The Kier molecular flexibility index (Phi) is 5.65. The van der Waals surface area contributed by atoms with Gasteiger partial charge in [0.2, 0.25) is 5.91 Å². The number of amides is 1. The van der Waals surface area contributed by atoms with Crippen molar-refractivity contribution >= 4 is 44.9 Å². The lowest BCUT2D eigenvalue weighted by Crippen LogP contribution is -2.16. The molecule has 2 N–H and O–H groups in total. The summed E-state index contributed by atoms with van der Waals surface area (Å²) in [5.74, 6) is 1.22. The van der Waals surface area contributed by atoms with E-state index in [1.807, 2.05) is 25.1 Å². The molecule has 0 aliphatic heterocycles. The Bertz CT molecular complexity index is 1140. The number of carbonyl (C=O) groups is 1. The SMILES string of the molecule is COc1ccc(C)cc1NC(=O)CSc1nc2sc3c(c2c(=O)[nH]1)CCC(C)C3. The monoisotopic (exact) mass is 429 g/mol. The van der Waals surface area contributed by atoms with Crippen molar-refractivity contribution in [2.45, 2.75) is 38.3 Å². The molecule has 6 nitrogen and oxygen atoms in total. The first-order chi connectivity index (χ1) is 13.9. The minimum absolute atomic E-state index is 0.106. The predicted octanol–water partition coefficient (Wildman–Crippen LogP) is 4.16. The molecule has 0 fully saturated rings. The van der Waals surface area contributed by atoms with Crippen molar-refractivity contribution in [1.82, 2.24) is 9.97 Å². The molecule has 2 heterocycles. The van der Waals surface area contributed by atoms with Crippen LogP contribution in [-0.2, 0) is 17.6 Å². The number of rotatable bonds is 5. The molecule has 4 rings (SSSR count). The number of thiophene rings is 1. The summed E-state index contributed by atoms with van der Waals surface area (Å²) in [5.41, 5.74) is 2.72. The molecule has 0 bridgehead atoms. The molecule has 3 aromatic rings. The number of aromatic amines is 1. The maximum Gasteiger partial charge on any atom is 0.260 e. The predicted molar refractivity (Wildman–Crippen MR) is 119 cm³/mol. The minimum Gasteiger partial charge on any atom is -0.495 e. The molecular weight excluding hydrogens is 406 g/mol. The third-order valence-electron chi connectivity index (χ3n) is 5.11. The van der Waals surface area contributed by atoms with Crippen LogP contribution in [0.2, 0.25) is 0 Å². The van der Waals surface area contributed by atoms with Crippen molar-refractivity contribution in [2.75, 3.05) is 18.2 Å². The van der Waals surface area contributed by atoms with Crippen molar-refractivity contribution in [3.8, 4) is 5.75 Å². The smallest absolute Gasteiger partial charge is 0.260 e. The van der Waals surface area contributed by atoms with Crippen LogP contribution in [0.4, 0.5) is 5.69 Å². The van der Waals surface area contributed by atoms with Gasteiger partial charge in [0.15, 0.2) is 5.16 Å². The molecule has 0 spiro atoms. The Morgan fingerprint density at radius 3 is 3.07 bits per heavy atom. The van der Waals surface area contributed by atoms with Gasteiger partial charge in [0.25, 0.3) is 5.56 Å². The molecule has 152 valence electrons. The van der Waals surface area contributed by atoms with Gasteiger partial charge < -0.3 is 15.0 Å². The minimum atomic E-state index is -0.180. The Morgan fingerprint density at radius 2 is 2.28 bits per heavy atom. The molecule has 0 radical (unpaired) electrons. The average Bonchev–Trinajstić information content (AvgIpc) is 3.04. The van der Waals surface area contributed by atoms with Gasteiger partial charge in [0, 0.05) is 4.88 Å². The number of hydrogen-bond donors (Lipinski definition) is 2. The van der Waals surface area contributed by atoms with Gasteiger partial charge in [0.1, 0.15) is 10.6 Å². The molecule has 1 amide bonds. The third kappa shape index (κ3) is 4.18. The lowest BCUT2D eigenvalue weighted by atomic mass is 9.89. The molecule has 1 atom stereocenters. The van der Waals surface area contributed by atoms with E-state index in [4.69, 9.17) is 4.74 Å². The number of methoxy groups -OCH3 is 1. The zero-order valence-corrected chi connectivity index (χ0v) is 18.3. The molecule has 0 saturated heterocycles. The molecule has 2 aromatic heterocycles. The fourth-order valence-electron chi connectivity index (χ4n) is 3.64. The number of nitrogens with one attached hydrogen (secondary N) is 2. The fraction of sp³-hybridized carbons (Fsp3) is 0.381. The second-order valence-corrected chi connectivity index (χ2v) is 9.49. The summed E-state index contributed by atoms with van der Waals surface area (Å²) in [4.78, 5) is 34.6. The van der Waals surface area contributed by atoms with E-state index in [1.54, 1.807) is 18.4 Å². The summed E-state index contributed by atoms with van der Waals surface area (Å²) in [7, 11) is 1.57. The topological polar surface area (TPSA) is 84.1 Å². The number of anilines is 1. The van der Waals surface area contributed by atoms with Crippen molar-refractivity contribution in [1.29, 1.82) is 0 Å². The second-order valence-electron chi connectivity index (χ2n) is 7.44. The highest BCUT2D eigenvalue weighted by Gasteiger charge is 2.23. The highest BCUT2D eigenvalue weighted by atomic mass is 32.2. The van der Waals surface area contributed by atoms with Crippen LogP contribution in [0.5, 0.6) is 5.75 Å². The van der Waals surface area contributed by atoms with E-state index in [2.05, 4.69) is 22.2 Å². The maximum absolute atomic E-state index is 12.7. The van der Waals surface area contributed by atoms with Gasteiger partial charge in [0.05, 0.1) is 23.9 Å². The van der Waals surface area contributed by atoms with Crippen LogP contribution in [0.3, 0.4) is 0 Å². The number of hydrogen-bond acceptors (Lipinski definition) is 6. The average molecular weight is 430 g/mol. The van der Waals surface area contributed by atoms with Crippen molar-refractivity contribution in [2.24, 2.45) is 5.92 Å². The Balaban J connectivity index is 1.49. The van der Waals surface area contributed by atoms with E-state index in [0.29, 0.717) is 22.5 Å². The summed E-state index contributed by atoms with van der Waals surface area (Å²) in [6.07, 6.45) is 3.06. The second kappa shape index (κ2) is 8.20. The van der Waals surface area contributed by atoms with E-state index in [0.717, 1.165) is 40.6 Å². The number of nitrogens with zero attached hydrogens (tertiary/aromatic N) is 1. The number of aryl methyl sites for hydroxylation is 2. The number of fused-ring (bicyclic) bond motifs is 3. The molecule has 1 aliphatic rings. The lowest BCUT2D eigenvalue weighted by Gasteiger charge is -2.17. The summed E-state index contributed by atoms with van der Waals surface area (Å²) in [6, 6.07) is 5.61. The quantitative estimate of drug-likeness (QED) is 0.470. The van der Waals surface area contributed by atoms with Crippen LogP contribution >= 0.6 is 23.1 Å². The zero-order chi connectivity index (χ0) is 20.5. The summed E-state index contributed by atoms with van der Waals surface area (Å²) >= 11 is 2.84. The van der Waals surface area contributed by atoms with Crippen LogP contribution in [0.1, 0.15) is 29.3 Å². The first-order valence-corrected chi connectivity index (χ1v) is 11.4. The normalized spacial score (nSPS) is 15.9. The van der Waals surface area contributed by atoms with E-state index in [-0.39, 0.29) is 17.2 Å². The van der Waals surface area contributed by atoms with Crippen molar-refractivity contribution in [3.05, 3.63) is 44.6 Å². The summed E-state index contributed by atoms with van der Waals surface area (Å²) in [5, 5.41) is 4.07. The van der Waals surface area contributed by atoms with Crippen LogP contribution in [-0.4, -0.2) is 28.7 Å². The number of thioether (sulfide) groups is 1. The van der Waals surface area contributed by atoms with Gasteiger partial charge in [-0.15, -0.1) is 11.3 Å². The standard InChI is InChI=1S/C21H23N3O3S2/c1-11-5-7-15(27-3)14(8-11)22-17(25)10-28-21-23-19(26)18-13-6-4-12(2)9-16(13)29-20(18)24-21/h5,7-8,12H,4,6,9-10H2,1-3H3,(H,22,25)(H,23,24,26). The van der Waals surface area contributed by atoms with Gasteiger partial charge in [-0.05, 0) is 55.4 Å². The van der Waals surface area contributed by atoms with Crippen molar-refractivity contribution in [3.63, 3.8) is 0 Å². The third-order valence-corrected chi connectivity index (χ3v) is 7.13. The van der Waals surface area contributed by atoms with Gasteiger partial charge in [-0.3, -0.25) is 9.59 Å². The number of aromatic nitrogens is 2. The van der Waals surface area contributed by atoms with Crippen LogP contribution in [0, 0.1) is 12.8 Å². The lowest BCUT2D eigenvalue weighted by molar-refractivity contribution is -0.113. The Morgan fingerprint density at radius 1 is 1.45 bits per heavy atom. The van der Waals surface area contributed by atoms with E-state index >= 15 is 0 Å². The van der Waals surface area contributed by atoms with E-state index in [9.17, 15) is 9.59 Å². The Labute approximate surface area is 177 Å². The zero-order valence-electron chi connectivity index (χ0n) is 16.6. The highest BCUT2D eigenvalue weighted by Crippen LogP contribution is 2.36. The number of ether oxygens (including phenoxy) is 1. The maximum atomic E-state index is 12.7.